The summed E-state index contributed by atoms with van der Waals surface area (Å²) in [6.07, 6.45) is 8.66. The second-order valence-electron chi connectivity index (χ2n) is 10.0. The normalized spacial score (nSPS) is 18.8. The average molecular weight is 419 g/mol. The van der Waals surface area contributed by atoms with E-state index in [0.29, 0.717) is 16.7 Å². The largest absolute Gasteiger partial charge is 0.356 e. The number of carbonyl (C=O) groups is 2. The monoisotopic (exact) mass is 418 g/mol. The molecule has 2 aliphatic rings. The lowest BCUT2D eigenvalue weighted by Crippen LogP contribution is -2.19. The van der Waals surface area contributed by atoms with Crippen molar-refractivity contribution in [3.05, 3.63) is 0 Å². The molecule has 1 unspecified atom stereocenters. The van der Waals surface area contributed by atoms with Crippen LogP contribution in [0.1, 0.15) is 100 Å². The van der Waals surface area contributed by atoms with Crippen molar-refractivity contribution in [3.8, 4) is 0 Å². The summed E-state index contributed by atoms with van der Waals surface area (Å²) in [5.74, 6) is 1.59. The van der Waals surface area contributed by atoms with Crippen molar-refractivity contribution in [3.63, 3.8) is 0 Å². The topological polar surface area (TPSA) is 58.2 Å². The zero-order valence-electron chi connectivity index (χ0n) is 18.5. The molecule has 2 aliphatic heterocycles. The molecule has 2 amide bonds. The number of amides is 2. The van der Waals surface area contributed by atoms with E-state index in [0.717, 1.165) is 51.1 Å². The molecule has 4 nitrogen and oxygen atoms in total. The van der Waals surface area contributed by atoms with Crippen LogP contribution in [0, 0.1) is 16.7 Å². The first-order valence-electron chi connectivity index (χ1n) is 10.5. The van der Waals surface area contributed by atoms with Crippen LogP contribution in [0.4, 0.5) is 0 Å². The van der Waals surface area contributed by atoms with Gasteiger partial charge in [-0.3, -0.25) is 9.59 Å². The summed E-state index contributed by atoms with van der Waals surface area (Å²) in [6, 6.07) is 0. The van der Waals surface area contributed by atoms with Crippen molar-refractivity contribution in [2.75, 3.05) is 19.0 Å². The highest BCUT2D eigenvalue weighted by Crippen LogP contribution is 2.25. The number of hydrogen-bond donors (Lipinski definition) is 2. The van der Waals surface area contributed by atoms with Crippen LogP contribution < -0.4 is 10.6 Å². The number of halogens is 1. The maximum Gasteiger partial charge on any atom is 0.223 e. The smallest absolute Gasteiger partial charge is 0.223 e. The first-order chi connectivity index (χ1) is 12.4. The Labute approximate surface area is 179 Å². The molecular formula is C23H47ClN2O2. The SMILES string of the molecule is C.CC(C)(C)CCCC1CCNC1=O.CC(C)(C)CCCCl.O=C1CCCN1. The third-order valence-electron chi connectivity index (χ3n) is 4.61. The second kappa shape index (κ2) is 15.1. The molecule has 2 heterocycles. The maximum absolute atomic E-state index is 11.2. The molecule has 0 radical (unpaired) electrons. The number of hydrogen-bond acceptors (Lipinski definition) is 2. The van der Waals surface area contributed by atoms with Gasteiger partial charge >= 0.3 is 0 Å². The van der Waals surface area contributed by atoms with Crippen molar-refractivity contribution in [1.82, 2.24) is 10.6 Å². The fraction of sp³-hybridized carbons (Fsp3) is 0.913. The van der Waals surface area contributed by atoms with Gasteiger partial charge in [0, 0.05) is 31.3 Å². The average Bonchev–Trinajstić information content (AvgIpc) is 3.16. The van der Waals surface area contributed by atoms with Gasteiger partial charge in [-0.05, 0) is 49.4 Å². The Balaban J connectivity index is 0. The van der Waals surface area contributed by atoms with Crippen LogP contribution >= 0.6 is 11.6 Å². The summed E-state index contributed by atoms with van der Waals surface area (Å²) in [5.41, 5.74) is 0.879. The van der Waals surface area contributed by atoms with Crippen molar-refractivity contribution in [2.24, 2.45) is 16.7 Å². The molecule has 0 spiro atoms. The number of rotatable bonds is 5. The van der Waals surface area contributed by atoms with Crippen LogP contribution in [0.25, 0.3) is 0 Å². The minimum absolute atomic E-state index is 0. The first-order valence-corrected chi connectivity index (χ1v) is 11.1. The Hall–Kier alpha value is -0.770. The van der Waals surface area contributed by atoms with E-state index < -0.39 is 0 Å². The van der Waals surface area contributed by atoms with Crippen LogP contribution in [-0.4, -0.2) is 30.8 Å². The quantitative estimate of drug-likeness (QED) is 0.544. The molecule has 0 aromatic carbocycles. The van der Waals surface area contributed by atoms with Crippen LogP contribution in [0.5, 0.6) is 0 Å². The molecule has 1 atom stereocenters. The van der Waals surface area contributed by atoms with Crippen molar-refractivity contribution in [1.29, 1.82) is 0 Å². The number of alkyl halides is 1. The van der Waals surface area contributed by atoms with E-state index >= 15 is 0 Å². The van der Waals surface area contributed by atoms with Gasteiger partial charge in [0.05, 0.1) is 0 Å². The molecule has 2 saturated heterocycles. The van der Waals surface area contributed by atoms with Gasteiger partial charge in [0.15, 0.2) is 0 Å². The lowest BCUT2D eigenvalue weighted by molar-refractivity contribution is -0.122. The van der Waals surface area contributed by atoms with Crippen molar-refractivity contribution >= 4 is 23.4 Å². The molecule has 0 saturated carbocycles. The van der Waals surface area contributed by atoms with Gasteiger partial charge in [-0.2, -0.15) is 0 Å². The van der Waals surface area contributed by atoms with Gasteiger partial charge in [-0.15, -0.1) is 11.6 Å². The van der Waals surface area contributed by atoms with E-state index in [9.17, 15) is 9.59 Å². The number of carbonyl (C=O) groups excluding carboxylic acids is 2. The van der Waals surface area contributed by atoms with Gasteiger partial charge in [-0.1, -0.05) is 55.4 Å². The summed E-state index contributed by atoms with van der Waals surface area (Å²) < 4.78 is 0. The van der Waals surface area contributed by atoms with Gasteiger partial charge in [0.2, 0.25) is 11.8 Å². The molecule has 0 aliphatic carbocycles. The lowest BCUT2D eigenvalue weighted by Gasteiger charge is -2.18. The molecule has 2 rings (SSSR count). The van der Waals surface area contributed by atoms with E-state index in [1.165, 1.54) is 19.3 Å². The number of nitrogens with one attached hydrogen (secondary N) is 2. The van der Waals surface area contributed by atoms with E-state index in [2.05, 4.69) is 52.2 Å². The Bertz CT molecular complexity index is 417. The van der Waals surface area contributed by atoms with Crippen LogP contribution in [0.3, 0.4) is 0 Å². The third kappa shape index (κ3) is 18.6. The predicted octanol–water partition coefficient (Wildman–Crippen LogP) is 5.92. The van der Waals surface area contributed by atoms with Gasteiger partial charge in [0.25, 0.3) is 0 Å². The highest BCUT2D eigenvalue weighted by molar-refractivity contribution is 6.17. The molecule has 0 bridgehead atoms. The van der Waals surface area contributed by atoms with Crippen LogP contribution in [0.15, 0.2) is 0 Å². The molecule has 28 heavy (non-hydrogen) atoms. The first kappa shape index (κ1) is 29.4. The molecule has 5 heteroatoms. The van der Waals surface area contributed by atoms with E-state index in [4.69, 9.17) is 11.6 Å². The fourth-order valence-corrected chi connectivity index (χ4v) is 3.10. The molecular weight excluding hydrogens is 372 g/mol. The molecule has 168 valence electrons. The Morgan fingerprint density at radius 3 is 1.79 bits per heavy atom. The van der Waals surface area contributed by atoms with E-state index in [1.54, 1.807) is 0 Å². The summed E-state index contributed by atoms with van der Waals surface area (Å²) in [6.45, 7) is 15.2. The Kier molecular flexibility index (Phi) is 15.9. The van der Waals surface area contributed by atoms with Crippen molar-refractivity contribution in [2.45, 2.75) is 100 Å². The molecule has 2 N–H and O–H groups in total. The predicted molar refractivity (Wildman–Crippen MR) is 123 cm³/mol. The third-order valence-corrected chi connectivity index (χ3v) is 4.87. The minimum atomic E-state index is 0. The maximum atomic E-state index is 11.2. The van der Waals surface area contributed by atoms with Gasteiger partial charge < -0.3 is 10.6 Å². The van der Waals surface area contributed by atoms with E-state index in [-0.39, 0.29) is 19.2 Å². The summed E-state index contributed by atoms with van der Waals surface area (Å²) >= 11 is 5.51. The Morgan fingerprint density at radius 2 is 1.50 bits per heavy atom. The standard InChI is InChI=1S/C11H21NO.C7H15Cl.C4H7NO.CH4/c1-11(2,3)7-4-5-9-6-8-12-10(9)13;1-7(2,3)5-4-6-8;6-4-2-1-3-5-4;/h9H,4-8H2,1-3H3,(H,12,13);4-6H2,1-3H3;1-3H2,(H,5,6);1H4. The van der Waals surface area contributed by atoms with Crippen LogP contribution in [0.2, 0.25) is 0 Å². The van der Waals surface area contributed by atoms with Crippen molar-refractivity contribution < 1.29 is 9.59 Å². The fourth-order valence-electron chi connectivity index (χ4n) is 2.96. The molecule has 2 fully saturated rings. The highest BCUT2D eigenvalue weighted by Gasteiger charge is 2.23. The van der Waals surface area contributed by atoms with Gasteiger partial charge in [0.1, 0.15) is 0 Å². The zero-order valence-corrected chi connectivity index (χ0v) is 19.3. The van der Waals surface area contributed by atoms with Crippen LogP contribution in [-0.2, 0) is 9.59 Å². The summed E-state index contributed by atoms with van der Waals surface area (Å²) in [4.78, 5) is 21.4. The zero-order chi connectivity index (χ0) is 20.9. The second-order valence-corrected chi connectivity index (χ2v) is 10.4. The highest BCUT2D eigenvalue weighted by atomic mass is 35.5. The summed E-state index contributed by atoms with van der Waals surface area (Å²) in [5, 5.41) is 5.56. The molecule has 0 aromatic heterocycles. The lowest BCUT2D eigenvalue weighted by atomic mass is 9.87. The minimum Gasteiger partial charge on any atom is -0.356 e. The Morgan fingerprint density at radius 1 is 0.929 bits per heavy atom. The summed E-state index contributed by atoms with van der Waals surface area (Å²) in [7, 11) is 0. The van der Waals surface area contributed by atoms with Gasteiger partial charge in [-0.25, -0.2) is 0 Å². The molecule has 0 aromatic rings. The van der Waals surface area contributed by atoms with E-state index in [1.807, 2.05) is 0 Å².